The van der Waals surface area contributed by atoms with Crippen molar-refractivity contribution in [3.63, 3.8) is 0 Å². The number of hydrogen-bond acceptors (Lipinski definition) is 3. The summed E-state index contributed by atoms with van der Waals surface area (Å²) in [6.07, 6.45) is -1.50. The van der Waals surface area contributed by atoms with Gasteiger partial charge in [0.25, 0.3) is 0 Å². The maximum Gasteiger partial charge on any atom is 0.416 e. The molecule has 26 heavy (non-hydrogen) atoms. The smallest absolute Gasteiger partial charge is 0.352 e. The van der Waals surface area contributed by atoms with E-state index in [0.717, 1.165) is 18.0 Å². The average molecular weight is 364 g/mol. The number of fused-ring (bicyclic) bond motifs is 1. The molecule has 2 heterocycles. The van der Waals surface area contributed by atoms with Crippen molar-refractivity contribution >= 4 is 17.4 Å². The van der Waals surface area contributed by atoms with E-state index in [4.69, 9.17) is 0 Å². The summed E-state index contributed by atoms with van der Waals surface area (Å²) in [6.45, 7) is 6.70. The summed E-state index contributed by atoms with van der Waals surface area (Å²) in [5.74, 6) is 0.626. The Morgan fingerprint density at radius 1 is 1.38 bits per heavy atom. The molecule has 0 saturated carbocycles. The molecule has 0 unspecified atom stereocenters. The third kappa shape index (κ3) is 3.58. The zero-order chi connectivity index (χ0) is 18.9. The van der Waals surface area contributed by atoms with Crippen LogP contribution in [0.5, 0.6) is 0 Å². The van der Waals surface area contributed by atoms with Gasteiger partial charge >= 0.3 is 6.18 Å². The molecule has 0 radical (unpaired) electrons. The van der Waals surface area contributed by atoms with Crippen LogP contribution in [0.3, 0.4) is 0 Å². The minimum atomic E-state index is -4.37. The number of anilines is 2. The first-order valence-corrected chi connectivity index (χ1v) is 8.17. The summed E-state index contributed by atoms with van der Waals surface area (Å²) < 4.78 is 40.6. The highest BCUT2D eigenvalue weighted by Crippen LogP contribution is 2.36. The van der Waals surface area contributed by atoms with Gasteiger partial charge in [-0.2, -0.15) is 18.3 Å². The van der Waals surface area contributed by atoms with Crippen LogP contribution in [-0.2, 0) is 17.5 Å². The SMILES string of the molecule is C=CC(=O)NC[C@@H]1CN(c2ccc(C(F)(F)F)cc2C)c2ccnn2C1. The molecule has 0 fully saturated rings. The molecule has 5 nitrogen and oxygen atoms in total. The van der Waals surface area contributed by atoms with Crippen molar-refractivity contribution in [1.82, 2.24) is 15.1 Å². The van der Waals surface area contributed by atoms with Gasteiger partial charge < -0.3 is 10.2 Å². The fourth-order valence-electron chi connectivity index (χ4n) is 3.15. The minimum absolute atomic E-state index is 0.0630. The van der Waals surface area contributed by atoms with E-state index in [2.05, 4.69) is 17.0 Å². The van der Waals surface area contributed by atoms with Gasteiger partial charge in [-0.05, 0) is 36.8 Å². The molecule has 3 rings (SSSR count). The predicted octanol–water partition coefficient (Wildman–Crippen LogP) is 3.28. The van der Waals surface area contributed by atoms with Crippen molar-refractivity contribution < 1.29 is 18.0 Å². The Kier molecular flexibility index (Phi) is 4.76. The third-order valence-corrected chi connectivity index (χ3v) is 4.41. The highest BCUT2D eigenvalue weighted by Gasteiger charge is 2.32. The number of halogens is 3. The Morgan fingerprint density at radius 3 is 2.81 bits per heavy atom. The number of hydrogen-bond donors (Lipinski definition) is 1. The Morgan fingerprint density at radius 2 is 2.15 bits per heavy atom. The van der Waals surface area contributed by atoms with Crippen LogP contribution >= 0.6 is 0 Å². The molecule has 1 aliphatic heterocycles. The maximum absolute atomic E-state index is 12.9. The summed E-state index contributed by atoms with van der Waals surface area (Å²) in [7, 11) is 0. The second-order valence-corrected chi connectivity index (χ2v) is 6.30. The van der Waals surface area contributed by atoms with Gasteiger partial charge in [-0.3, -0.25) is 4.79 Å². The maximum atomic E-state index is 12.9. The Hall–Kier alpha value is -2.77. The molecular formula is C18H19F3N4O. The number of carbonyl (C=O) groups is 1. The number of amides is 1. The van der Waals surface area contributed by atoms with Crippen molar-refractivity contribution in [3.05, 3.63) is 54.2 Å². The highest BCUT2D eigenvalue weighted by molar-refractivity contribution is 5.86. The van der Waals surface area contributed by atoms with E-state index in [1.54, 1.807) is 17.8 Å². The second-order valence-electron chi connectivity index (χ2n) is 6.30. The lowest BCUT2D eigenvalue weighted by Crippen LogP contribution is -2.41. The zero-order valence-electron chi connectivity index (χ0n) is 14.3. The van der Waals surface area contributed by atoms with Crippen LogP contribution in [0.25, 0.3) is 0 Å². The molecule has 1 amide bonds. The molecule has 0 saturated heterocycles. The average Bonchev–Trinajstić information content (AvgIpc) is 3.06. The first kappa shape index (κ1) is 18.0. The van der Waals surface area contributed by atoms with E-state index in [1.165, 1.54) is 12.1 Å². The molecular weight excluding hydrogens is 345 g/mol. The summed E-state index contributed by atoms with van der Waals surface area (Å²) in [5, 5.41) is 7.05. The Balaban J connectivity index is 1.89. The summed E-state index contributed by atoms with van der Waals surface area (Å²) in [5.41, 5.74) is 0.557. The number of alkyl halides is 3. The largest absolute Gasteiger partial charge is 0.416 e. The van der Waals surface area contributed by atoms with E-state index in [1.807, 2.05) is 11.0 Å². The van der Waals surface area contributed by atoms with Gasteiger partial charge in [0.05, 0.1) is 11.8 Å². The molecule has 0 spiro atoms. The molecule has 1 aromatic heterocycles. The fraction of sp³-hybridized carbons (Fsp3) is 0.333. The number of nitrogens with zero attached hydrogens (tertiary/aromatic N) is 3. The minimum Gasteiger partial charge on any atom is -0.352 e. The third-order valence-electron chi connectivity index (χ3n) is 4.41. The first-order valence-electron chi connectivity index (χ1n) is 8.17. The summed E-state index contributed by atoms with van der Waals surface area (Å²) in [4.78, 5) is 13.4. The topological polar surface area (TPSA) is 50.2 Å². The predicted molar refractivity (Wildman–Crippen MR) is 92.1 cm³/mol. The van der Waals surface area contributed by atoms with E-state index >= 15 is 0 Å². The van der Waals surface area contributed by atoms with Crippen LogP contribution in [0.1, 0.15) is 11.1 Å². The number of aryl methyl sites for hydroxylation is 1. The lowest BCUT2D eigenvalue weighted by molar-refractivity contribution is -0.137. The van der Waals surface area contributed by atoms with E-state index in [9.17, 15) is 18.0 Å². The summed E-state index contributed by atoms with van der Waals surface area (Å²) in [6, 6.07) is 5.56. The number of benzene rings is 1. The molecule has 0 aliphatic carbocycles. The van der Waals surface area contributed by atoms with Crippen LogP contribution in [0, 0.1) is 12.8 Å². The lowest BCUT2D eigenvalue weighted by Gasteiger charge is -2.35. The van der Waals surface area contributed by atoms with Gasteiger partial charge in [0, 0.05) is 37.3 Å². The molecule has 8 heteroatoms. The van der Waals surface area contributed by atoms with Gasteiger partial charge in [-0.1, -0.05) is 6.58 Å². The monoisotopic (exact) mass is 364 g/mol. The molecule has 1 atom stereocenters. The van der Waals surface area contributed by atoms with Gasteiger partial charge in [0.2, 0.25) is 5.91 Å². The zero-order valence-corrected chi connectivity index (χ0v) is 14.3. The van der Waals surface area contributed by atoms with Crippen LogP contribution in [0.4, 0.5) is 24.7 Å². The van der Waals surface area contributed by atoms with Crippen LogP contribution in [0.2, 0.25) is 0 Å². The van der Waals surface area contributed by atoms with Crippen molar-refractivity contribution in [3.8, 4) is 0 Å². The summed E-state index contributed by atoms with van der Waals surface area (Å²) >= 11 is 0. The van der Waals surface area contributed by atoms with Crippen LogP contribution in [-0.4, -0.2) is 28.8 Å². The molecule has 1 aliphatic rings. The van der Waals surface area contributed by atoms with Gasteiger partial charge in [-0.25, -0.2) is 4.68 Å². The highest BCUT2D eigenvalue weighted by atomic mass is 19.4. The second kappa shape index (κ2) is 6.86. The Labute approximate surface area is 149 Å². The van der Waals surface area contributed by atoms with Crippen molar-refractivity contribution in [1.29, 1.82) is 0 Å². The number of carbonyl (C=O) groups excluding carboxylic acids is 1. The van der Waals surface area contributed by atoms with E-state index in [-0.39, 0.29) is 11.8 Å². The number of nitrogens with one attached hydrogen (secondary N) is 1. The van der Waals surface area contributed by atoms with Crippen molar-refractivity contribution in [2.24, 2.45) is 5.92 Å². The standard InChI is InChI=1S/C18H19F3N4O/c1-3-16(26)22-9-13-10-24(17-6-7-23-25(17)11-13)15-5-4-14(8-12(15)2)18(19,20)21/h3-8,13H,1,9-11H2,2H3,(H,22,26)/t13-/m1/s1. The molecule has 1 aromatic carbocycles. The molecule has 0 bridgehead atoms. The van der Waals surface area contributed by atoms with Crippen molar-refractivity contribution in [2.75, 3.05) is 18.0 Å². The molecule has 2 aromatic rings. The number of rotatable bonds is 4. The van der Waals surface area contributed by atoms with Crippen molar-refractivity contribution in [2.45, 2.75) is 19.6 Å². The fourth-order valence-corrected chi connectivity index (χ4v) is 3.15. The lowest BCUT2D eigenvalue weighted by atomic mass is 10.0. The van der Waals surface area contributed by atoms with Gasteiger partial charge in [-0.15, -0.1) is 0 Å². The Bertz CT molecular complexity index is 828. The quantitative estimate of drug-likeness (QED) is 0.847. The normalized spacial score (nSPS) is 16.9. The van der Waals surface area contributed by atoms with Crippen LogP contribution in [0.15, 0.2) is 43.1 Å². The van der Waals surface area contributed by atoms with E-state index in [0.29, 0.717) is 30.9 Å². The van der Waals surface area contributed by atoms with Gasteiger partial charge in [0.15, 0.2) is 0 Å². The molecule has 1 N–H and O–H groups in total. The van der Waals surface area contributed by atoms with Crippen LogP contribution < -0.4 is 10.2 Å². The molecule has 138 valence electrons. The van der Waals surface area contributed by atoms with E-state index < -0.39 is 11.7 Å². The first-order chi connectivity index (χ1) is 12.3. The van der Waals surface area contributed by atoms with Gasteiger partial charge in [0.1, 0.15) is 5.82 Å². The number of aromatic nitrogens is 2.